The third kappa shape index (κ3) is 2.47. The maximum atomic E-state index is 13.5. The molecular formula is C14H12FN3O2S. The van der Waals surface area contributed by atoms with Crippen molar-refractivity contribution < 1.29 is 12.8 Å². The van der Waals surface area contributed by atoms with E-state index >= 15 is 0 Å². The van der Waals surface area contributed by atoms with Crippen LogP contribution < -0.4 is 4.72 Å². The molecule has 7 heteroatoms. The molecule has 0 spiro atoms. The Kier molecular flexibility index (Phi) is 3.13. The molecule has 0 aliphatic carbocycles. The number of sulfonamides is 1. The third-order valence-electron chi connectivity index (χ3n) is 3.13. The highest BCUT2D eigenvalue weighted by Crippen LogP contribution is 2.24. The molecule has 1 aromatic carbocycles. The second-order valence-electron chi connectivity index (χ2n) is 4.62. The summed E-state index contributed by atoms with van der Waals surface area (Å²) in [6.45, 7) is 1.61. The van der Waals surface area contributed by atoms with Crippen molar-refractivity contribution in [3.05, 3.63) is 54.1 Å². The van der Waals surface area contributed by atoms with Gasteiger partial charge in [-0.1, -0.05) is 6.07 Å². The monoisotopic (exact) mass is 305 g/mol. The van der Waals surface area contributed by atoms with Gasteiger partial charge in [0, 0.05) is 17.8 Å². The minimum Gasteiger partial charge on any atom is -0.345 e. The van der Waals surface area contributed by atoms with Gasteiger partial charge in [-0.15, -0.1) is 0 Å². The number of nitrogens with one attached hydrogen (secondary N) is 2. The topological polar surface area (TPSA) is 74.8 Å². The third-order valence-corrected chi connectivity index (χ3v) is 4.55. The molecule has 0 fully saturated rings. The largest absolute Gasteiger partial charge is 0.345 e. The Labute approximate surface area is 120 Å². The van der Waals surface area contributed by atoms with Gasteiger partial charge in [0.05, 0.1) is 5.69 Å². The van der Waals surface area contributed by atoms with E-state index in [1.54, 1.807) is 25.3 Å². The number of anilines is 1. The zero-order valence-corrected chi connectivity index (χ0v) is 11.9. The number of halogens is 1. The van der Waals surface area contributed by atoms with Crippen molar-refractivity contribution >= 4 is 26.7 Å². The van der Waals surface area contributed by atoms with Gasteiger partial charge in [0.2, 0.25) is 0 Å². The number of H-pyrrole nitrogens is 1. The number of aromatic amines is 1. The summed E-state index contributed by atoms with van der Waals surface area (Å²) in [5, 5.41) is 0.484. The molecule has 2 heterocycles. The molecule has 21 heavy (non-hydrogen) atoms. The Balaban J connectivity index is 2.02. The fourth-order valence-corrected chi connectivity index (χ4v) is 3.24. The molecule has 3 aromatic rings. The number of benzene rings is 1. The molecule has 0 radical (unpaired) electrons. The van der Waals surface area contributed by atoms with Gasteiger partial charge in [0.15, 0.2) is 0 Å². The highest BCUT2D eigenvalue weighted by atomic mass is 32.2. The van der Waals surface area contributed by atoms with Crippen LogP contribution in [0, 0.1) is 12.7 Å². The first kappa shape index (κ1) is 13.6. The summed E-state index contributed by atoms with van der Waals surface area (Å²) >= 11 is 0. The summed E-state index contributed by atoms with van der Waals surface area (Å²) in [5.41, 5.74) is 1.11. The van der Waals surface area contributed by atoms with Crippen LogP contribution >= 0.6 is 0 Å². The van der Waals surface area contributed by atoms with Crippen LogP contribution in [0.3, 0.4) is 0 Å². The highest BCUT2D eigenvalue weighted by Gasteiger charge is 2.19. The highest BCUT2D eigenvalue weighted by molar-refractivity contribution is 7.93. The first-order valence-corrected chi connectivity index (χ1v) is 7.67. The maximum absolute atomic E-state index is 13.5. The van der Waals surface area contributed by atoms with Crippen LogP contribution in [0.1, 0.15) is 5.56 Å². The minimum absolute atomic E-state index is 0.0755. The van der Waals surface area contributed by atoms with E-state index in [2.05, 4.69) is 14.7 Å². The molecule has 0 unspecified atom stereocenters. The fraction of sp³-hybridized carbons (Fsp3) is 0.0714. The molecule has 2 N–H and O–H groups in total. The van der Waals surface area contributed by atoms with E-state index in [9.17, 15) is 12.8 Å². The first-order valence-electron chi connectivity index (χ1n) is 6.18. The number of rotatable bonds is 3. The zero-order chi connectivity index (χ0) is 15.0. The van der Waals surface area contributed by atoms with E-state index in [0.29, 0.717) is 16.6 Å². The molecule has 2 aromatic heterocycles. The van der Waals surface area contributed by atoms with Gasteiger partial charge in [-0.05, 0) is 36.8 Å². The van der Waals surface area contributed by atoms with E-state index < -0.39 is 15.8 Å². The lowest BCUT2D eigenvalue weighted by Gasteiger charge is -2.08. The van der Waals surface area contributed by atoms with E-state index in [1.807, 2.05) is 0 Å². The quantitative estimate of drug-likeness (QED) is 0.781. The lowest BCUT2D eigenvalue weighted by Crippen LogP contribution is -2.12. The maximum Gasteiger partial charge on any atom is 0.264 e. The molecule has 108 valence electrons. The second-order valence-corrected chi connectivity index (χ2v) is 6.27. The Hall–Kier alpha value is -2.41. The van der Waals surface area contributed by atoms with Crippen molar-refractivity contribution in [3.8, 4) is 0 Å². The van der Waals surface area contributed by atoms with Crippen LogP contribution in [-0.4, -0.2) is 18.4 Å². The van der Waals surface area contributed by atoms with Crippen molar-refractivity contribution in [1.29, 1.82) is 0 Å². The summed E-state index contributed by atoms with van der Waals surface area (Å²) < 4.78 is 40.6. The molecule has 0 saturated carbocycles. The molecule has 5 nitrogen and oxygen atoms in total. The van der Waals surface area contributed by atoms with Crippen molar-refractivity contribution in [1.82, 2.24) is 9.97 Å². The number of hydrogen-bond acceptors (Lipinski definition) is 3. The molecular weight excluding hydrogens is 293 g/mol. The van der Waals surface area contributed by atoms with Crippen LogP contribution in [0.2, 0.25) is 0 Å². The average molecular weight is 305 g/mol. The Morgan fingerprint density at radius 1 is 1.29 bits per heavy atom. The first-order chi connectivity index (χ1) is 9.97. The van der Waals surface area contributed by atoms with Gasteiger partial charge >= 0.3 is 0 Å². The number of hydrogen-bond donors (Lipinski definition) is 2. The van der Waals surface area contributed by atoms with Gasteiger partial charge in [0.25, 0.3) is 10.0 Å². The standard InChI is InChI=1S/C14H12FN3O2S/c1-9-4-5-10(7-12(9)15)18-21(19,20)13-8-17-14-11(13)3-2-6-16-14/h2-8,18H,1H3,(H,16,17). The van der Waals surface area contributed by atoms with Crippen molar-refractivity contribution in [3.63, 3.8) is 0 Å². The Bertz CT molecular complexity index is 919. The minimum atomic E-state index is -3.81. The summed E-state index contributed by atoms with van der Waals surface area (Å²) in [6.07, 6.45) is 2.93. The van der Waals surface area contributed by atoms with E-state index in [-0.39, 0.29) is 10.6 Å². The van der Waals surface area contributed by atoms with E-state index in [4.69, 9.17) is 0 Å². The molecule has 0 aliphatic heterocycles. The summed E-state index contributed by atoms with van der Waals surface area (Å²) in [4.78, 5) is 6.91. The van der Waals surface area contributed by atoms with Crippen molar-refractivity contribution in [2.24, 2.45) is 0 Å². The van der Waals surface area contributed by atoms with Crippen LogP contribution in [0.5, 0.6) is 0 Å². The molecule has 3 rings (SSSR count). The van der Waals surface area contributed by atoms with Gasteiger partial charge in [0.1, 0.15) is 16.4 Å². The number of aryl methyl sites for hydroxylation is 1. The zero-order valence-electron chi connectivity index (χ0n) is 11.1. The van der Waals surface area contributed by atoms with E-state index in [1.165, 1.54) is 18.3 Å². The lowest BCUT2D eigenvalue weighted by molar-refractivity contribution is 0.601. The summed E-state index contributed by atoms with van der Waals surface area (Å²) in [7, 11) is -3.81. The van der Waals surface area contributed by atoms with Crippen molar-refractivity contribution in [2.75, 3.05) is 4.72 Å². The van der Waals surface area contributed by atoms with Crippen molar-refractivity contribution in [2.45, 2.75) is 11.8 Å². The predicted octanol–water partition coefficient (Wildman–Crippen LogP) is 2.81. The SMILES string of the molecule is Cc1ccc(NS(=O)(=O)c2c[nH]c3ncccc23)cc1F. The fourth-order valence-electron chi connectivity index (χ4n) is 2.02. The van der Waals surface area contributed by atoms with Gasteiger partial charge < -0.3 is 4.98 Å². The predicted molar refractivity (Wildman–Crippen MR) is 78.0 cm³/mol. The summed E-state index contributed by atoms with van der Waals surface area (Å²) in [5.74, 6) is -0.462. The van der Waals surface area contributed by atoms with Crippen LogP contribution in [-0.2, 0) is 10.0 Å². The molecule has 0 bridgehead atoms. The second kappa shape index (κ2) is 4.85. The van der Waals surface area contributed by atoms with Crippen LogP contribution in [0.4, 0.5) is 10.1 Å². The number of pyridine rings is 1. The number of fused-ring (bicyclic) bond motifs is 1. The Morgan fingerprint density at radius 2 is 2.10 bits per heavy atom. The Morgan fingerprint density at radius 3 is 2.86 bits per heavy atom. The average Bonchev–Trinajstić information content (AvgIpc) is 2.87. The summed E-state index contributed by atoms with van der Waals surface area (Å²) in [6, 6.07) is 7.50. The smallest absolute Gasteiger partial charge is 0.264 e. The molecule has 0 amide bonds. The van der Waals surface area contributed by atoms with Gasteiger partial charge in [-0.3, -0.25) is 4.72 Å². The van der Waals surface area contributed by atoms with Crippen LogP contribution in [0.25, 0.3) is 11.0 Å². The molecule has 0 saturated heterocycles. The van der Waals surface area contributed by atoms with Gasteiger partial charge in [-0.2, -0.15) is 0 Å². The lowest BCUT2D eigenvalue weighted by atomic mass is 10.2. The van der Waals surface area contributed by atoms with Crippen LogP contribution in [0.15, 0.2) is 47.6 Å². The molecule has 0 atom stereocenters. The number of aromatic nitrogens is 2. The normalized spacial score (nSPS) is 11.7. The number of nitrogens with zero attached hydrogens (tertiary/aromatic N) is 1. The molecule has 0 aliphatic rings. The van der Waals surface area contributed by atoms with Gasteiger partial charge in [-0.25, -0.2) is 17.8 Å². The van der Waals surface area contributed by atoms with E-state index in [0.717, 1.165) is 6.07 Å².